The van der Waals surface area contributed by atoms with Crippen molar-refractivity contribution in [2.75, 3.05) is 28.6 Å². The lowest BCUT2D eigenvalue weighted by molar-refractivity contribution is -0.116. The second-order valence-electron chi connectivity index (χ2n) is 6.08. The zero-order chi connectivity index (χ0) is 16.9. The summed E-state index contributed by atoms with van der Waals surface area (Å²) in [6.07, 6.45) is 2.49. The molecule has 24 heavy (non-hydrogen) atoms. The molecule has 0 radical (unpaired) electrons. The van der Waals surface area contributed by atoms with Crippen molar-refractivity contribution in [3.8, 4) is 0 Å². The van der Waals surface area contributed by atoms with Gasteiger partial charge in [-0.1, -0.05) is 12.1 Å². The second kappa shape index (κ2) is 7.34. The number of carbonyl (C=O) groups is 1. The Hall–Kier alpha value is -2.56. The summed E-state index contributed by atoms with van der Waals surface area (Å²) in [5.41, 5.74) is 2.27. The maximum Gasteiger partial charge on any atom is 0.246 e. The summed E-state index contributed by atoms with van der Waals surface area (Å²) in [7, 11) is 0. The first kappa shape index (κ1) is 16.3. The Morgan fingerprint density at radius 2 is 1.75 bits per heavy atom. The Morgan fingerprint density at radius 1 is 1.08 bits per heavy atom. The van der Waals surface area contributed by atoms with E-state index in [0.29, 0.717) is 0 Å². The molecule has 0 aromatic heterocycles. The predicted octanol–water partition coefficient (Wildman–Crippen LogP) is 3.87. The van der Waals surface area contributed by atoms with Gasteiger partial charge in [0.2, 0.25) is 5.91 Å². The highest BCUT2D eigenvalue weighted by atomic mass is 19.1. The number of halogens is 1. The van der Waals surface area contributed by atoms with Crippen molar-refractivity contribution in [2.24, 2.45) is 0 Å². The molecule has 0 spiro atoms. The lowest BCUT2D eigenvalue weighted by Crippen LogP contribution is -2.32. The van der Waals surface area contributed by atoms with Gasteiger partial charge < -0.3 is 15.5 Å². The van der Waals surface area contributed by atoms with Gasteiger partial charge in [0.15, 0.2) is 0 Å². The third-order valence-electron chi connectivity index (χ3n) is 4.25. The van der Waals surface area contributed by atoms with E-state index in [2.05, 4.69) is 27.7 Å². The van der Waals surface area contributed by atoms with E-state index in [1.54, 1.807) is 25.1 Å². The smallest absolute Gasteiger partial charge is 0.246 e. The number of hydrogen-bond acceptors (Lipinski definition) is 3. The topological polar surface area (TPSA) is 44.4 Å². The molecule has 2 aromatic carbocycles. The molecule has 2 N–H and O–H groups in total. The van der Waals surface area contributed by atoms with Crippen molar-refractivity contribution in [3.63, 3.8) is 0 Å². The molecule has 1 heterocycles. The number of nitrogens with one attached hydrogen (secondary N) is 2. The minimum Gasteiger partial charge on any atom is -0.374 e. The van der Waals surface area contributed by atoms with Crippen molar-refractivity contribution in [2.45, 2.75) is 25.8 Å². The van der Waals surface area contributed by atoms with Crippen LogP contribution in [0.1, 0.15) is 19.8 Å². The van der Waals surface area contributed by atoms with E-state index in [-0.39, 0.29) is 11.6 Å². The second-order valence-corrected chi connectivity index (χ2v) is 6.08. The van der Waals surface area contributed by atoms with Gasteiger partial charge in [-0.25, -0.2) is 4.39 Å². The summed E-state index contributed by atoms with van der Waals surface area (Å²) >= 11 is 0. The monoisotopic (exact) mass is 327 g/mol. The van der Waals surface area contributed by atoms with E-state index in [4.69, 9.17) is 0 Å². The van der Waals surface area contributed by atoms with Crippen molar-refractivity contribution < 1.29 is 9.18 Å². The molecule has 2 aromatic rings. The SMILES string of the molecule is CC(Nc1ccc(N2CCCC2)cc1)C(=O)Nc1ccccc1F. The molecule has 1 amide bonds. The number of rotatable bonds is 5. The van der Waals surface area contributed by atoms with Crippen LogP contribution in [0.4, 0.5) is 21.5 Å². The van der Waals surface area contributed by atoms with E-state index in [0.717, 1.165) is 18.8 Å². The normalized spacial score (nSPS) is 15.2. The Labute approximate surface area is 141 Å². The largest absolute Gasteiger partial charge is 0.374 e. The Bertz CT molecular complexity index is 696. The average Bonchev–Trinajstić information content (AvgIpc) is 3.12. The highest BCUT2D eigenvalue weighted by molar-refractivity contribution is 5.96. The van der Waals surface area contributed by atoms with Gasteiger partial charge in [-0.05, 0) is 56.2 Å². The van der Waals surface area contributed by atoms with E-state index < -0.39 is 11.9 Å². The summed E-state index contributed by atoms with van der Waals surface area (Å²) in [5.74, 6) is -0.711. The van der Waals surface area contributed by atoms with Gasteiger partial charge >= 0.3 is 0 Å². The molecule has 5 heteroatoms. The highest BCUT2D eigenvalue weighted by Crippen LogP contribution is 2.22. The lowest BCUT2D eigenvalue weighted by atomic mass is 10.2. The van der Waals surface area contributed by atoms with Gasteiger partial charge in [-0.2, -0.15) is 0 Å². The summed E-state index contributed by atoms with van der Waals surface area (Å²) < 4.78 is 13.6. The van der Waals surface area contributed by atoms with Crippen LogP contribution in [0.15, 0.2) is 48.5 Å². The quantitative estimate of drug-likeness (QED) is 0.876. The van der Waals surface area contributed by atoms with Gasteiger partial charge in [0.05, 0.1) is 5.69 Å². The number of nitrogens with zero attached hydrogens (tertiary/aromatic N) is 1. The molecule has 1 atom stereocenters. The lowest BCUT2D eigenvalue weighted by Gasteiger charge is -2.19. The highest BCUT2D eigenvalue weighted by Gasteiger charge is 2.15. The van der Waals surface area contributed by atoms with Crippen molar-refractivity contribution in [1.29, 1.82) is 0 Å². The molecule has 1 aliphatic heterocycles. The standard InChI is InChI=1S/C19H22FN3O/c1-14(19(24)22-18-7-3-2-6-17(18)20)21-15-8-10-16(11-9-15)23-12-4-5-13-23/h2-3,6-11,14,21H,4-5,12-13H2,1H3,(H,22,24). The Kier molecular flexibility index (Phi) is 4.99. The molecule has 0 aliphatic carbocycles. The van der Waals surface area contributed by atoms with Crippen molar-refractivity contribution in [3.05, 3.63) is 54.3 Å². The first-order chi connectivity index (χ1) is 11.6. The number of hydrogen-bond donors (Lipinski definition) is 2. The van der Waals surface area contributed by atoms with Crippen LogP contribution in [0, 0.1) is 5.82 Å². The van der Waals surface area contributed by atoms with Crippen LogP contribution in [0.3, 0.4) is 0 Å². The zero-order valence-corrected chi connectivity index (χ0v) is 13.8. The number of benzene rings is 2. The third kappa shape index (κ3) is 3.85. The predicted molar refractivity (Wildman–Crippen MR) is 96.0 cm³/mol. The minimum absolute atomic E-state index is 0.195. The third-order valence-corrected chi connectivity index (χ3v) is 4.25. The average molecular weight is 327 g/mol. The van der Waals surface area contributed by atoms with Crippen LogP contribution >= 0.6 is 0 Å². The molecule has 1 saturated heterocycles. The van der Waals surface area contributed by atoms with Crippen LogP contribution in [-0.2, 0) is 4.79 Å². The first-order valence-corrected chi connectivity index (χ1v) is 8.30. The van der Waals surface area contributed by atoms with Gasteiger partial charge in [0.25, 0.3) is 0 Å². The molecule has 126 valence electrons. The molecule has 1 aliphatic rings. The molecule has 0 saturated carbocycles. The van der Waals surface area contributed by atoms with Gasteiger partial charge in [0.1, 0.15) is 11.9 Å². The van der Waals surface area contributed by atoms with Crippen LogP contribution in [-0.4, -0.2) is 25.0 Å². The van der Waals surface area contributed by atoms with Crippen LogP contribution in [0.25, 0.3) is 0 Å². The van der Waals surface area contributed by atoms with Gasteiger partial charge in [0, 0.05) is 24.5 Å². The Balaban J connectivity index is 1.58. The van der Waals surface area contributed by atoms with E-state index in [9.17, 15) is 9.18 Å². The maximum absolute atomic E-state index is 13.6. The van der Waals surface area contributed by atoms with Gasteiger partial charge in [-0.15, -0.1) is 0 Å². The summed E-state index contributed by atoms with van der Waals surface area (Å²) in [4.78, 5) is 14.6. The molecule has 1 fully saturated rings. The minimum atomic E-state index is -0.470. The molecule has 4 nitrogen and oxygen atoms in total. The fourth-order valence-corrected chi connectivity index (χ4v) is 2.86. The number of para-hydroxylation sites is 1. The number of anilines is 3. The molecular weight excluding hydrogens is 305 g/mol. The molecule has 3 rings (SSSR count). The maximum atomic E-state index is 13.6. The molecule has 1 unspecified atom stereocenters. The number of carbonyl (C=O) groups excluding carboxylic acids is 1. The summed E-state index contributed by atoms with van der Waals surface area (Å²) in [5, 5.41) is 5.75. The number of amides is 1. The fourth-order valence-electron chi connectivity index (χ4n) is 2.86. The van der Waals surface area contributed by atoms with E-state index >= 15 is 0 Å². The fraction of sp³-hybridized carbons (Fsp3) is 0.316. The summed E-state index contributed by atoms with van der Waals surface area (Å²) in [6, 6.07) is 13.8. The zero-order valence-electron chi connectivity index (χ0n) is 13.8. The van der Waals surface area contributed by atoms with Crippen LogP contribution < -0.4 is 15.5 Å². The molecule has 0 bridgehead atoms. The van der Waals surface area contributed by atoms with Crippen LogP contribution in [0.5, 0.6) is 0 Å². The van der Waals surface area contributed by atoms with Gasteiger partial charge in [-0.3, -0.25) is 4.79 Å². The van der Waals surface area contributed by atoms with Crippen molar-refractivity contribution >= 4 is 23.0 Å². The Morgan fingerprint density at radius 3 is 2.42 bits per heavy atom. The van der Waals surface area contributed by atoms with E-state index in [1.807, 2.05) is 12.1 Å². The first-order valence-electron chi connectivity index (χ1n) is 8.30. The molecular formula is C19H22FN3O. The summed E-state index contributed by atoms with van der Waals surface area (Å²) in [6.45, 7) is 3.97. The van der Waals surface area contributed by atoms with Crippen molar-refractivity contribution in [1.82, 2.24) is 0 Å². The van der Waals surface area contributed by atoms with E-state index in [1.165, 1.54) is 24.6 Å². The van der Waals surface area contributed by atoms with Crippen LogP contribution in [0.2, 0.25) is 0 Å².